The molecule has 0 saturated carbocycles. The van der Waals surface area contributed by atoms with Crippen molar-refractivity contribution in [3.05, 3.63) is 46.2 Å². The molecule has 118 valence electrons. The van der Waals surface area contributed by atoms with Crippen molar-refractivity contribution in [1.29, 1.82) is 0 Å². The number of guanidine groups is 1. The lowest BCUT2D eigenvalue weighted by atomic mass is 10.3. The molecule has 0 aliphatic heterocycles. The summed E-state index contributed by atoms with van der Waals surface area (Å²) in [5.41, 5.74) is 0. The number of nitrogens with one attached hydrogen (secondary N) is 2. The highest BCUT2D eigenvalue weighted by molar-refractivity contribution is 7.11. The van der Waals surface area contributed by atoms with Gasteiger partial charge in [0.05, 0.1) is 13.1 Å². The molecule has 7 heteroatoms. The number of ether oxygens (including phenoxy) is 1. The molecular formula is C15H19FN4OS. The minimum atomic E-state index is -0.304. The molecule has 1 aromatic heterocycles. The van der Waals surface area contributed by atoms with Crippen LogP contribution in [0.5, 0.6) is 5.75 Å². The van der Waals surface area contributed by atoms with E-state index in [4.69, 9.17) is 4.74 Å². The van der Waals surface area contributed by atoms with Crippen LogP contribution in [0.1, 0.15) is 9.88 Å². The molecule has 0 spiro atoms. The van der Waals surface area contributed by atoms with E-state index in [0.717, 1.165) is 5.01 Å². The zero-order valence-electron chi connectivity index (χ0n) is 12.6. The van der Waals surface area contributed by atoms with Crippen LogP contribution in [0.25, 0.3) is 0 Å². The second-order valence-electron chi connectivity index (χ2n) is 4.52. The van der Waals surface area contributed by atoms with Crippen molar-refractivity contribution < 1.29 is 9.13 Å². The van der Waals surface area contributed by atoms with Crippen LogP contribution >= 0.6 is 11.3 Å². The van der Waals surface area contributed by atoms with Gasteiger partial charge < -0.3 is 15.4 Å². The maximum absolute atomic E-state index is 13.0. The monoisotopic (exact) mass is 322 g/mol. The average molecular weight is 322 g/mol. The van der Waals surface area contributed by atoms with Gasteiger partial charge in [0, 0.05) is 24.2 Å². The average Bonchev–Trinajstić information content (AvgIpc) is 2.92. The Morgan fingerprint density at radius 3 is 2.95 bits per heavy atom. The fourth-order valence-electron chi connectivity index (χ4n) is 1.76. The zero-order valence-corrected chi connectivity index (χ0v) is 13.4. The van der Waals surface area contributed by atoms with Crippen LogP contribution in [0.4, 0.5) is 4.39 Å². The number of nitrogens with zero attached hydrogens (tertiary/aromatic N) is 2. The minimum Gasteiger partial charge on any atom is -0.492 e. The summed E-state index contributed by atoms with van der Waals surface area (Å²) in [5.74, 6) is 0.889. The van der Waals surface area contributed by atoms with E-state index in [1.165, 1.54) is 17.0 Å². The molecule has 2 N–H and O–H groups in total. The molecule has 0 aliphatic carbocycles. The van der Waals surface area contributed by atoms with E-state index < -0.39 is 0 Å². The van der Waals surface area contributed by atoms with Gasteiger partial charge in [0.25, 0.3) is 0 Å². The summed E-state index contributed by atoms with van der Waals surface area (Å²) < 4.78 is 18.4. The number of halogens is 1. The molecule has 0 bridgehead atoms. The van der Waals surface area contributed by atoms with Gasteiger partial charge in [-0.05, 0) is 19.1 Å². The quantitative estimate of drug-likeness (QED) is 0.487. The van der Waals surface area contributed by atoms with Crippen molar-refractivity contribution in [2.24, 2.45) is 4.99 Å². The zero-order chi connectivity index (χ0) is 15.8. The van der Waals surface area contributed by atoms with Gasteiger partial charge in [-0.2, -0.15) is 0 Å². The van der Waals surface area contributed by atoms with E-state index in [9.17, 15) is 4.39 Å². The van der Waals surface area contributed by atoms with Gasteiger partial charge in [-0.25, -0.2) is 9.37 Å². The lowest BCUT2D eigenvalue weighted by Crippen LogP contribution is -2.38. The molecule has 22 heavy (non-hydrogen) atoms. The second kappa shape index (κ2) is 8.33. The Balaban J connectivity index is 1.68. The summed E-state index contributed by atoms with van der Waals surface area (Å²) >= 11 is 1.65. The van der Waals surface area contributed by atoms with Crippen LogP contribution in [0.2, 0.25) is 0 Å². The fourth-order valence-corrected chi connectivity index (χ4v) is 2.49. The number of rotatable bonds is 6. The van der Waals surface area contributed by atoms with Crippen LogP contribution in [-0.2, 0) is 6.54 Å². The Morgan fingerprint density at radius 2 is 2.27 bits per heavy atom. The van der Waals surface area contributed by atoms with E-state index in [0.29, 0.717) is 31.4 Å². The number of hydrogen-bond acceptors (Lipinski definition) is 4. The summed E-state index contributed by atoms with van der Waals surface area (Å²) in [6.07, 6.45) is 1.85. The summed E-state index contributed by atoms with van der Waals surface area (Å²) in [4.78, 5) is 9.59. The summed E-state index contributed by atoms with van der Waals surface area (Å²) in [6, 6.07) is 6.09. The van der Waals surface area contributed by atoms with Gasteiger partial charge in [0.15, 0.2) is 5.96 Å². The normalized spacial score (nSPS) is 11.3. The van der Waals surface area contributed by atoms with Gasteiger partial charge in [-0.3, -0.25) is 4.99 Å². The molecule has 0 radical (unpaired) electrons. The van der Waals surface area contributed by atoms with Crippen LogP contribution in [0, 0.1) is 12.7 Å². The predicted molar refractivity (Wildman–Crippen MR) is 86.9 cm³/mol. The highest BCUT2D eigenvalue weighted by Crippen LogP contribution is 2.11. The SMILES string of the molecule is CN=C(NCCOc1cccc(F)c1)NCc1ncc(C)s1. The standard InChI is InChI=1S/C15H19FN4OS/c1-11-9-19-14(22-11)10-20-15(17-2)18-6-7-21-13-5-3-4-12(16)8-13/h3-5,8-9H,6-7,10H2,1-2H3,(H2,17,18,20). The Labute approximate surface area is 133 Å². The smallest absolute Gasteiger partial charge is 0.191 e. The molecule has 0 atom stereocenters. The van der Waals surface area contributed by atoms with Crippen molar-refractivity contribution in [2.45, 2.75) is 13.5 Å². The van der Waals surface area contributed by atoms with Crippen molar-refractivity contribution in [1.82, 2.24) is 15.6 Å². The first-order valence-corrected chi connectivity index (χ1v) is 7.73. The molecule has 0 saturated heterocycles. The number of aromatic nitrogens is 1. The van der Waals surface area contributed by atoms with Crippen molar-refractivity contribution >= 4 is 17.3 Å². The van der Waals surface area contributed by atoms with Gasteiger partial charge in [-0.1, -0.05) is 6.07 Å². The number of hydrogen-bond donors (Lipinski definition) is 2. The number of thiazole rings is 1. The molecule has 2 aromatic rings. The van der Waals surface area contributed by atoms with E-state index in [1.54, 1.807) is 30.5 Å². The molecule has 5 nitrogen and oxygen atoms in total. The molecule has 0 aliphatic rings. The van der Waals surface area contributed by atoms with Gasteiger partial charge in [-0.15, -0.1) is 11.3 Å². The third-order valence-electron chi connectivity index (χ3n) is 2.76. The largest absolute Gasteiger partial charge is 0.492 e. The third-order valence-corrected chi connectivity index (χ3v) is 3.67. The molecule has 0 amide bonds. The lowest BCUT2D eigenvalue weighted by Gasteiger charge is -2.11. The Morgan fingerprint density at radius 1 is 1.41 bits per heavy atom. The maximum atomic E-state index is 13.0. The van der Waals surface area contributed by atoms with Gasteiger partial charge in [0.1, 0.15) is 23.2 Å². The van der Waals surface area contributed by atoms with Gasteiger partial charge in [0.2, 0.25) is 0 Å². The Kier molecular flexibility index (Phi) is 6.14. The minimum absolute atomic E-state index is 0.304. The van der Waals surface area contributed by atoms with Crippen LogP contribution in [0.3, 0.4) is 0 Å². The first kappa shape index (κ1) is 16.2. The number of benzene rings is 1. The molecule has 2 rings (SSSR count). The number of aryl methyl sites for hydroxylation is 1. The lowest BCUT2D eigenvalue weighted by molar-refractivity contribution is 0.320. The molecular weight excluding hydrogens is 303 g/mol. The predicted octanol–water partition coefficient (Wildman–Crippen LogP) is 2.33. The summed E-state index contributed by atoms with van der Waals surface area (Å²) in [7, 11) is 1.70. The Bertz CT molecular complexity index is 630. The summed E-state index contributed by atoms with van der Waals surface area (Å²) in [5, 5.41) is 7.32. The Hall–Kier alpha value is -2.15. The molecule has 1 aromatic carbocycles. The van der Waals surface area contributed by atoms with Crippen LogP contribution < -0.4 is 15.4 Å². The highest BCUT2D eigenvalue weighted by atomic mass is 32.1. The summed E-state index contributed by atoms with van der Waals surface area (Å²) in [6.45, 7) is 3.63. The van der Waals surface area contributed by atoms with Crippen LogP contribution in [-0.4, -0.2) is 31.1 Å². The molecule has 0 unspecified atom stereocenters. The third kappa shape index (κ3) is 5.33. The maximum Gasteiger partial charge on any atom is 0.191 e. The van der Waals surface area contributed by atoms with Crippen molar-refractivity contribution in [3.8, 4) is 5.75 Å². The first-order chi connectivity index (χ1) is 10.7. The first-order valence-electron chi connectivity index (χ1n) is 6.91. The van der Waals surface area contributed by atoms with Crippen molar-refractivity contribution in [3.63, 3.8) is 0 Å². The molecule has 1 heterocycles. The van der Waals surface area contributed by atoms with Gasteiger partial charge >= 0.3 is 0 Å². The second-order valence-corrected chi connectivity index (χ2v) is 5.84. The van der Waals surface area contributed by atoms with Crippen LogP contribution in [0.15, 0.2) is 35.5 Å². The fraction of sp³-hybridized carbons (Fsp3) is 0.333. The number of aliphatic imine (C=N–C) groups is 1. The highest BCUT2D eigenvalue weighted by Gasteiger charge is 2.01. The van der Waals surface area contributed by atoms with E-state index >= 15 is 0 Å². The molecule has 0 fully saturated rings. The van der Waals surface area contributed by atoms with E-state index in [1.807, 2.05) is 13.1 Å². The van der Waals surface area contributed by atoms with E-state index in [-0.39, 0.29) is 5.82 Å². The topological polar surface area (TPSA) is 58.5 Å². The van der Waals surface area contributed by atoms with E-state index in [2.05, 4.69) is 20.6 Å². The van der Waals surface area contributed by atoms with Crippen molar-refractivity contribution in [2.75, 3.05) is 20.2 Å².